The van der Waals surface area contributed by atoms with Gasteiger partial charge in [-0.3, -0.25) is 9.48 Å². The second kappa shape index (κ2) is 6.00. The van der Waals surface area contributed by atoms with Crippen LogP contribution in [0.4, 0.5) is 0 Å². The van der Waals surface area contributed by atoms with Crippen molar-refractivity contribution in [1.82, 2.24) is 20.0 Å². The van der Waals surface area contributed by atoms with Crippen molar-refractivity contribution >= 4 is 5.91 Å². The fourth-order valence-corrected chi connectivity index (χ4v) is 2.27. The van der Waals surface area contributed by atoms with Gasteiger partial charge in [0.15, 0.2) is 0 Å². The summed E-state index contributed by atoms with van der Waals surface area (Å²) in [5.41, 5.74) is 1.73. The smallest absolute Gasteiger partial charge is 0.272 e. The maximum atomic E-state index is 12.5. The molecule has 0 aliphatic carbocycles. The monoisotopic (exact) mass is 250 g/mol. The first-order valence-electron chi connectivity index (χ1n) is 6.83. The van der Waals surface area contributed by atoms with E-state index in [0.717, 1.165) is 57.0 Å². The van der Waals surface area contributed by atoms with Crippen molar-refractivity contribution in [3.63, 3.8) is 0 Å². The minimum atomic E-state index is 0.118. The molecule has 0 radical (unpaired) electrons. The fraction of sp³-hybridized carbons (Fsp3) is 0.692. The summed E-state index contributed by atoms with van der Waals surface area (Å²) in [6.45, 7) is 8.33. The average molecular weight is 250 g/mol. The lowest BCUT2D eigenvalue weighted by Crippen LogP contribution is -2.35. The molecule has 1 aromatic rings. The van der Waals surface area contributed by atoms with Crippen molar-refractivity contribution < 1.29 is 4.79 Å². The molecule has 100 valence electrons. The van der Waals surface area contributed by atoms with Crippen LogP contribution in [0.1, 0.15) is 36.5 Å². The SMILES string of the molecule is CCc1cc(C(=O)N2CCCNCC2)n(CC)n1. The minimum absolute atomic E-state index is 0.118. The van der Waals surface area contributed by atoms with E-state index >= 15 is 0 Å². The van der Waals surface area contributed by atoms with Gasteiger partial charge < -0.3 is 10.2 Å². The molecular weight excluding hydrogens is 228 g/mol. The summed E-state index contributed by atoms with van der Waals surface area (Å²) in [6, 6.07) is 1.93. The molecule has 0 aromatic carbocycles. The second-order valence-corrected chi connectivity index (χ2v) is 4.59. The summed E-state index contributed by atoms with van der Waals surface area (Å²) in [5.74, 6) is 0.118. The van der Waals surface area contributed by atoms with Crippen molar-refractivity contribution in [1.29, 1.82) is 0 Å². The van der Waals surface area contributed by atoms with Gasteiger partial charge in [-0.2, -0.15) is 5.10 Å². The molecular formula is C13H22N4O. The van der Waals surface area contributed by atoms with Crippen LogP contribution in [-0.4, -0.2) is 46.8 Å². The predicted octanol–water partition coefficient (Wildman–Crippen LogP) is 0.901. The highest BCUT2D eigenvalue weighted by molar-refractivity contribution is 5.92. The van der Waals surface area contributed by atoms with Crippen LogP contribution < -0.4 is 5.32 Å². The predicted molar refractivity (Wildman–Crippen MR) is 70.7 cm³/mol. The lowest BCUT2D eigenvalue weighted by molar-refractivity contribution is 0.0754. The normalized spacial score (nSPS) is 16.7. The van der Waals surface area contributed by atoms with Gasteiger partial charge >= 0.3 is 0 Å². The zero-order valence-corrected chi connectivity index (χ0v) is 11.3. The molecule has 0 unspecified atom stereocenters. The largest absolute Gasteiger partial charge is 0.336 e. The molecule has 18 heavy (non-hydrogen) atoms. The van der Waals surface area contributed by atoms with E-state index in [0.29, 0.717) is 0 Å². The number of carbonyl (C=O) groups is 1. The van der Waals surface area contributed by atoms with Crippen molar-refractivity contribution in [2.75, 3.05) is 26.2 Å². The van der Waals surface area contributed by atoms with Crippen molar-refractivity contribution in [3.8, 4) is 0 Å². The molecule has 0 spiro atoms. The Morgan fingerprint density at radius 3 is 2.94 bits per heavy atom. The van der Waals surface area contributed by atoms with Crippen LogP contribution in [0.5, 0.6) is 0 Å². The molecule has 1 aliphatic heterocycles. The Hall–Kier alpha value is -1.36. The highest BCUT2D eigenvalue weighted by Crippen LogP contribution is 2.10. The molecule has 1 amide bonds. The summed E-state index contributed by atoms with van der Waals surface area (Å²) >= 11 is 0. The minimum Gasteiger partial charge on any atom is -0.336 e. The van der Waals surface area contributed by atoms with Crippen LogP contribution in [0.25, 0.3) is 0 Å². The third kappa shape index (κ3) is 2.72. The van der Waals surface area contributed by atoms with E-state index in [9.17, 15) is 4.79 Å². The summed E-state index contributed by atoms with van der Waals surface area (Å²) in [4.78, 5) is 14.4. The Morgan fingerprint density at radius 1 is 1.39 bits per heavy atom. The Labute approximate surface area is 108 Å². The molecule has 2 heterocycles. The topological polar surface area (TPSA) is 50.2 Å². The van der Waals surface area contributed by atoms with E-state index in [1.54, 1.807) is 0 Å². The van der Waals surface area contributed by atoms with Gasteiger partial charge in [0.2, 0.25) is 0 Å². The van der Waals surface area contributed by atoms with Crippen molar-refractivity contribution in [3.05, 3.63) is 17.5 Å². The zero-order valence-electron chi connectivity index (χ0n) is 11.3. The molecule has 1 fully saturated rings. The number of aromatic nitrogens is 2. The Kier molecular flexibility index (Phi) is 4.36. The van der Waals surface area contributed by atoms with Gasteiger partial charge in [-0.1, -0.05) is 6.92 Å². The quantitative estimate of drug-likeness (QED) is 0.867. The molecule has 2 rings (SSSR count). The van der Waals surface area contributed by atoms with E-state index in [2.05, 4.69) is 17.3 Å². The number of nitrogens with one attached hydrogen (secondary N) is 1. The van der Waals surface area contributed by atoms with Crippen molar-refractivity contribution in [2.45, 2.75) is 33.2 Å². The molecule has 0 atom stereocenters. The first-order chi connectivity index (χ1) is 8.76. The molecule has 0 bridgehead atoms. The fourth-order valence-electron chi connectivity index (χ4n) is 2.27. The van der Waals surface area contributed by atoms with Gasteiger partial charge in [-0.15, -0.1) is 0 Å². The maximum absolute atomic E-state index is 12.5. The van der Waals surface area contributed by atoms with Crippen LogP contribution >= 0.6 is 0 Å². The van der Waals surface area contributed by atoms with Crippen molar-refractivity contribution in [2.24, 2.45) is 0 Å². The first-order valence-corrected chi connectivity index (χ1v) is 6.83. The molecule has 1 aromatic heterocycles. The number of aryl methyl sites for hydroxylation is 2. The number of nitrogens with zero attached hydrogens (tertiary/aromatic N) is 3. The third-order valence-electron chi connectivity index (χ3n) is 3.34. The summed E-state index contributed by atoms with van der Waals surface area (Å²) in [6.07, 6.45) is 1.89. The Bertz CT molecular complexity index is 405. The van der Waals surface area contributed by atoms with Crippen LogP contribution in [0.15, 0.2) is 6.07 Å². The maximum Gasteiger partial charge on any atom is 0.272 e. The number of hydrogen-bond donors (Lipinski definition) is 1. The van der Waals surface area contributed by atoms with Crippen LogP contribution in [-0.2, 0) is 13.0 Å². The molecule has 5 heteroatoms. The first kappa shape index (κ1) is 13.1. The van der Waals surface area contributed by atoms with Gasteiger partial charge in [-0.05, 0) is 32.4 Å². The van der Waals surface area contributed by atoms with Gasteiger partial charge in [0.25, 0.3) is 5.91 Å². The summed E-state index contributed by atoms with van der Waals surface area (Å²) < 4.78 is 1.82. The average Bonchev–Trinajstić information content (AvgIpc) is 2.63. The molecule has 5 nitrogen and oxygen atoms in total. The highest BCUT2D eigenvalue weighted by Gasteiger charge is 2.21. The molecule has 1 aliphatic rings. The molecule has 1 saturated heterocycles. The van der Waals surface area contributed by atoms with E-state index < -0.39 is 0 Å². The van der Waals surface area contributed by atoms with E-state index in [4.69, 9.17) is 0 Å². The number of carbonyl (C=O) groups excluding carboxylic acids is 1. The second-order valence-electron chi connectivity index (χ2n) is 4.59. The lowest BCUT2D eigenvalue weighted by atomic mass is 10.2. The lowest BCUT2D eigenvalue weighted by Gasteiger charge is -2.20. The standard InChI is InChI=1S/C13H22N4O/c1-3-11-10-12(17(4-2)15-11)13(18)16-8-5-6-14-7-9-16/h10,14H,3-9H2,1-2H3. The summed E-state index contributed by atoms with van der Waals surface area (Å²) in [5, 5.41) is 7.75. The van der Waals surface area contributed by atoms with E-state index in [1.165, 1.54) is 0 Å². The molecule has 1 N–H and O–H groups in total. The Morgan fingerprint density at radius 2 is 2.22 bits per heavy atom. The van der Waals surface area contributed by atoms with Crippen LogP contribution in [0, 0.1) is 0 Å². The highest BCUT2D eigenvalue weighted by atomic mass is 16.2. The third-order valence-corrected chi connectivity index (χ3v) is 3.34. The summed E-state index contributed by atoms with van der Waals surface area (Å²) in [7, 11) is 0. The van der Waals surface area contributed by atoms with Gasteiger partial charge in [0.1, 0.15) is 5.69 Å². The molecule has 0 saturated carbocycles. The zero-order chi connectivity index (χ0) is 13.0. The Balaban J connectivity index is 2.18. The van der Waals surface area contributed by atoms with Gasteiger partial charge in [0.05, 0.1) is 5.69 Å². The van der Waals surface area contributed by atoms with Gasteiger partial charge in [-0.25, -0.2) is 0 Å². The van der Waals surface area contributed by atoms with Crippen LogP contribution in [0.3, 0.4) is 0 Å². The number of hydrogen-bond acceptors (Lipinski definition) is 3. The number of rotatable bonds is 3. The van der Waals surface area contributed by atoms with Gasteiger partial charge in [0, 0.05) is 26.2 Å². The number of amides is 1. The van der Waals surface area contributed by atoms with E-state index in [-0.39, 0.29) is 5.91 Å². The van der Waals surface area contributed by atoms with E-state index in [1.807, 2.05) is 22.6 Å². The van der Waals surface area contributed by atoms with Crippen LogP contribution in [0.2, 0.25) is 0 Å².